The number of benzene rings is 2. The van der Waals surface area contributed by atoms with Crippen LogP contribution >= 0.6 is 0 Å². The average Bonchev–Trinajstić information content (AvgIpc) is 2.73. The number of carbonyl (C=O) groups excluding carboxylic acids is 2. The van der Waals surface area contributed by atoms with E-state index in [1.165, 1.54) is 0 Å². The van der Waals surface area contributed by atoms with Gasteiger partial charge in [0.2, 0.25) is 5.91 Å². The molecule has 0 radical (unpaired) electrons. The largest absolute Gasteiger partial charge is 0.378 e. The fourth-order valence-corrected chi connectivity index (χ4v) is 3.50. The molecular formula is C21H21N3O3. The molecule has 1 N–H and O–H groups in total. The van der Waals surface area contributed by atoms with Gasteiger partial charge >= 0.3 is 0 Å². The Labute approximate surface area is 157 Å². The van der Waals surface area contributed by atoms with Gasteiger partial charge in [-0.2, -0.15) is 0 Å². The van der Waals surface area contributed by atoms with E-state index in [-0.39, 0.29) is 11.8 Å². The second kappa shape index (κ2) is 7.32. The van der Waals surface area contributed by atoms with Crippen LogP contribution in [0.5, 0.6) is 0 Å². The maximum Gasteiger partial charge on any atom is 0.254 e. The van der Waals surface area contributed by atoms with Crippen molar-refractivity contribution in [1.29, 1.82) is 0 Å². The monoisotopic (exact) mass is 363 g/mol. The van der Waals surface area contributed by atoms with E-state index >= 15 is 0 Å². The van der Waals surface area contributed by atoms with Crippen molar-refractivity contribution in [3.8, 4) is 0 Å². The van der Waals surface area contributed by atoms with Crippen molar-refractivity contribution in [3.63, 3.8) is 0 Å². The van der Waals surface area contributed by atoms with Gasteiger partial charge in [-0.1, -0.05) is 30.3 Å². The van der Waals surface area contributed by atoms with Gasteiger partial charge in [0.15, 0.2) is 0 Å². The average molecular weight is 363 g/mol. The number of fused-ring (bicyclic) bond motifs is 3. The molecule has 3 aromatic rings. The first-order chi connectivity index (χ1) is 13.1. The number of hydrogen-bond acceptors (Lipinski definition) is 4. The van der Waals surface area contributed by atoms with Crippen LogP contribution in [0.25, 0.3) is 21.7 Å². The highest BCUT2D eigenvalue weighted by Gasteiger charge is 2.25. The van der Waals surface area contributed by atoms with Gasteiger partial charge in [-0.25, -0.2) is 0 Å². The zero-order chi connectivity index (χ0) is 18.8. The SMILES string of the molecule is C[C@@H](NC(=O)c1cc2ccccc2c2cccnc12)C(=O)N1CCOCC1. The van der Waals surface area contributed by atoms with Crippen molar-refractivity contribution < 1.29 is 14.3 Å². The molecule has 138 valence electrons. The van der Waals surface area contributed by atoms with Gasteiger partial charge in [-0.3, -0.25) is 14.6 Å². The molecule has 1 aliphatic rings. The van der Waals surface area contributed by atoms with E-state index in [0.29, 0.717) is 37.4 Å². The summed E-state index contributed by atoms with van der Waals surface area (Å²) in [6, 6.07) is 13.0. The molecule has 0 unspecified atom stereocenters. The van der Waals surface area contributed by atoms with Crippen molar-refractivity contribution in [2.24, 2.45) is 0 Å². The summed E-state index contributed by atoms with van der Waals surface area (Å²) in [5.41, 5.74) is 1.12. The number of nitrogens with one attached hydrogen (secondary N) is 1. The van der Waals surface area contributed by atoms with Crippen LogP contribution in [-0.4, -0.2) is 54.0 Å². The van der Waals surface area contributed by atoms with Crippen molar-refractivity contribution >= 4 is 33.5 Å². The van der Waals surface area contributed by atoms with Gasteiger partial charge in [-0.15, -0.1) is 0 Å². The topological polar surface area (TPSA) is 71.5 Å². The van der Waals surface area contributed by atoms with E-state index in [4.69, 9.17) is 4.74 Å². The minimum Gasteiger partial charge on any atom is -0.378 e. The fraction of sp³-hybridized carbons (Fsp3) is 0.286. The fourth-order valence-electron chi connectivity index (χ4n) is 3.50. The Kier molecular flexibility index (Phi) is 4.73. The third-order valence-electron chi connectivity index (χ3n) is 4.90. The number of rotatable bonds is 3. The summed E-state index contributed by atoms with van der Waals surface area (Å²) in [7, 11) is 0. The first-order valence-corrected chi connectivity index (χ1v) is 9.09. The third kappa shape index (κ3) is 3.36. The molecule has 4 rings (SSSR count). The number of ether oxygens (including phenoxy) is 1. The Bertz CT molecular complexity index is 1010. The molecular weight excluding hydrogens is 342 g/mol. The van der Waals surface area contributed by atoms with Gasteiger partial charge in [0.1, 0.15) is 6.04 Å². The number of morpholine rings is 1. The molecule has 2 amide bonds. The second-order valence-electron chi connectivity index (χ2n) is 6.68. The number of carbonyl (C=O) groups is 2. The van der Waals surface area contributed by atoms with Crippen LogP contribution in [0.2, 0.25) is 0 Å². The van der Waals surface area contributed by atoms with E-state index in [2.05, 4.69) is 10.3 Å². The van der Waals surface area contributed by atoms with E-state index in [0.717, 1.165) is 16.2 Å². The zero-order valence-corrected chi connectivity index (χ0v) is 15.1. The normalized spacial score (nSPS) is 15.7. The van der Waals surface area contributed by atoms with Crippen LogP contribution in [-0.2, 0) is 9.53 Å². The highest BCUT2D eigenvalue weighted by molar-refractivity contribution is 6.16. The minimum absolute atomic E-state index is 0.0929. The Balaban J connectivity index is 1.64. The van der Waals surface area contributed by atoms with Crippen LogP contribution < -0.4 is 5.32 Å². The number of aromatic nitrogens is 1. The Morgan fingerprint density at radius 2 is 1.85 bits per heavy atom. The molecule has 1 atom stereocenters. The van der Waals surface area contributed by atoms with Crippen LogP contribution in [0.3, 0.4) is 0 Å². The van der Waals surface area contributed by atoms with Gasteiger partial charge in [-0.05, 0) is 29.8 Å². The van der Waals surface area contributed by atoms with E-state index in [9.17, 15) is 9.59 Å². The summed E-state index contributed by atoms with van der Waals surface area (Å²) < 4.78 is 5.28. The summed E-state index contributed by atoms with van der Waals surface area (Å²) in [6.45, 7) is 3.89. The predicted octanol–water partition coefficient (Wildman–Crippen LogP) is 2.37. The molecule has 1 aromatic heterocycles. The molecule has 27 heavy (non-hydrogen) atoms. The maximum atomic E-state index is 13.0. The standard InChI is InChI=1S/C21H21N3O3/c1-14(21(26)24-9-11-27-12-10-24)23-20(25)18-13-15-5-2-3-6-16(15)17-7-4-8-22-19(17)18/h2-8,13-14H,9-12H2,1H3,(H,23,25)/t14-/m1/s1. The second-order valence-corrected chi connectivity index (χ2v) is 6.68. The van der Waals surface area contributed by atoms with Crippen molar-refractivity contribution in [1.82, 2.24) is 15.2 Å². The summed E-state index contributed by atoms with van der Waals surface area (Å²) in [5, 5.41) is 5.78. The Morgan fingerprint density at radius 3 is 2.67 bits per heavy atom. The lowest BCUT2D eigenvalue weighted by atomic mass is 10.00. The molecule has 6 heteroatoms. The molecule has 2 aromatic carbocycles. The van der Waals surface area contributed by atoms with Crippen LogP contribution in [0.1, 0.15) is 17.3 Å². The lowest BCUT2D eigenvalue weighted by Crippen LogP contribution is -2.50. The number of nitrogens with zero attached hydrogens (tertiary/aromatic N) is 2. The zero-order valence-electron chi connectivity index (χ0n) is 15.1. The number of hydrogen-bond donors (Lipinski definition) is 1. The van der Waals surface area contributed by atoms with Gasteiger partial charge in [0.05, 0.1) is 24.3 Å². The summed E-state index contributed by atoms with van der Waals surface area (Å²) in [5.74, 6) is -0.386. The highest BCUT2D eigenvalue weighted by Crippen LogP contribution is 2.27. The number of pyridine rings is 1. The smallest absolute Gasteiger partial charge is 0.254 e. The highest BCUT2D eigenvalue weighted by atomic mass is 16.5. The third-order valence-corrected chi connectivity index (χ3v) is 4.90. The summed E-state index contributed by atoms with van der Waals surface area (Å²) in [6.07, 6.45) is 1.68. The lowest BCUT2D eigenvalue weighted by molar-refractivity contribution is -0.136. The van der Waals surface area contributed by atoms with Crippen molar-refractivity contribution in [2.75, 3.05) is 26.3 Å². The Hall–Kier alpha value is -2.99. The molecule has 6 nitrogen and oxygen atoms in total. The Morgan fingerprint density at radius 1 is 1.11 bits per heavy atom. The quantitative estimate of drug-likeness (QED) is 0.725. The molecule has 2 heterocycles. The van der Waals surface area contributed by atoms with Gasteiger partial charge in [0.25, 0.3) is 5.91 Å². The van der Waals surface area contributed by atoms with Crippen LogP contribution in [0.15, 0.2) is 48.7 Å². The molecule has 0 aliphatic carbocycles. The minimum atomic E-state index is -0.610. The van der Waals surface area contributed by atoms with Gasteiger partial charge < -0.3 is 15.0 Å². The van der Waals surface area contributed by atoms with Crippen LogP contribution in [0, 0.1) is 0 Å². The molecule has 0 spiro atoms. The van der Waals surface area contributed by atoms with E-state index < -0.39 is 6.04 Å². The van der Waals surface area contributed by atoms with Crippen LogP contribution in [0.4, 0.5) is 0 Å². The molecule has 0 bridgehead atoms. The van der Waals surface area contributed by atoms with Gasteiger partial charge in [0, 0.05) is 24.7 Å². The predicted molar refractivity (Wildman–Crippen MR) is 104 cm³/mol. The maximum absolute atomic E-state index is 13.0. The van der Waals surface area contributed by atoms with E-state index in [1.54, 1.807) is 18.0 Å². The summed E-state index contributed by atoms with van der Waals surface area (Å²) in [4.78, 5) is 31.7. The molecule has 1 fully saturated rings. The first-order valence-electron chi connectivity index (χ1n) is 9.09. The molecule has 0 saturated carbocycles. The molecule has 1 saturated heterocycles. The number of amides is 2. The van der Waals surface area contributed by atoms with Crippen molar-refractivity contribution in [3.05, 3.63) is 54.2 Å². The lowest BCUT2D eigenvalue weighted by Gasteiger charge is -2.29. The van der Waals surface area contributed by atoms with Crippen molar-refractivity contribution in [2.45, 2.75) is 13.0 Å². The first kappa shape index (κ1) is 17.4. The van der Waals surface area contributed by atoms with E-state index in [1.807, 2.05) is 42.5 Å². The molecule has 1 aliphatic heterocycles. The summed E-state index contributed by atoms with van der Waals surface area (Å²) >= 11 is 0.